The largest absolute Gasteiger partial charge is 0.336 e. The van der Waals surface area contributed by atoms with Gasteiger partial charge in [0.05, 0.1) is 4.90 Å². The van der Waals surface area contributed by atoms with Crippen molar-refractivity contribution in [2.45, 2.75) is 28.1 Å². The molecule has 3 heterocycles. The van der Waals surface area contributed by atoms with Gasteiger partial charge in [0.2, 0.25) is 25.0 Å². The highest BCUT2D eigenvalue weighted by molar-refractivity contribution is 7.92. The van der Waals surface area contributed by atoms with Gasteiger partial charge in [-0.3, -0.25) is 4.79 Å². The maximum atomic E-state index is 12.6. The third-order valence-corrected chi connectivity index (χ3v) is 9.27. The van der Waals surface area contributed by atoms with Crippen molar-refractivity contribution in [3.8, 4) is 0 Å². The van der Waals surface area contributed by atoms with Crippen molar-refractivity contribution in [1.82, 2.24) is 24.0 Å². The zero-order valence-corrected chi connectivity index (χ0v) is 17.4. The molecular formula is C17H21N5O5S2. The van der Waals surface area contributed by atoms with E-state index in [-0.39, 0.29) is 29.0 Å². The van der Waals surface area contributed by atoms with Gasteiger partial charge < -0.3 is 9.47 Å². The number of hydrogen-bond acceptors (Lipinski definition) is 7. The maximum absolute atomic E-state index is 12.6. The van der Waals surface area contributed by atoms with E-state index in [2.05, 4.69) is 10.2 Å². The van der Waals surface area contributed by atoms with Gasteiger partial charge in [0.15, 0.2) is 0 Å². The van der Waals surface area contributed by atoms with E-state index in [1.807, 2.05) is 0 Å². The summed E-state index contributed by atoms with van der Waals surface area (Å²) in [5.74, 6) is -0.334. The number of nitrogens with zero attached hydrogens (tertiary/aromatic N) is 5. The minimum Gasteiger partial charge on any atom is -0.336 e. The molecule has 2 fully saturated rings. The Labute approximate surface area is 169 Å². The first-order valence-corrected chi connectivity index (χ1v) is 12.2. The second kappa shape index (κ2) is 7.18. The Kier molecular flexibility index (Phi) is 4.95. The Morgan fingerprint density at radius 3 is 2.21 bits per heavy atom. The van der Waals surface area contributed by atoms with Crippen LogP contribution in [0.3, 0.4) is 0 Å². The Morgan fingerprint density at radius 2 is 1.66 bits per heavy atom. The molecule has 1 amide bonds. The number of aryl methyl sites for hydroxylation is 1. The Hall–Kier alpha value is -2.31. The molecule has 0 atom stereocenters. The molecule has 2 aliphatic rings. The zero-order chi connectivity index (χ0) is 20.8. The molecule has 0 spiro atoms. The van der Waals surface area contributed by atoms with Gasteiger partial charge in [-0.05, 0) is 37.1 Å². The second-order valence-corrected chi connectivity index (χ2v) is 11.3. The van der Waals surface area contributed by atoms with Gasteiger partial charge in [-0.25, -0.2) is 16.8 Å². The van der Waals surface area contributed by atoms with Gasteiger partial charge >= 0.3 is 0 Å². The molecule has 1 aromatic carbocycles. The van der Waals surface area contributed by atoms with Crippen molar-refractivity contribution in [3.63, 3.8) is 0 Å². The number of carbonyl (C=O) groups is 1. The molecule has 0 bridgehead atoms. The molecular weight excluding hydrogens is 418 g/mol. The maximum Gasteiger partial charge on any atom is 0.253 e. The van der Waals surface area contributed by atoms with E-state index in [1.165, 1.54) is 44.4 Å². The normalized spacial score (nSPS) is 18.7. The molecule has 12 heteroatoms. The average molecular weight is 440 g/mol. The Bertz CT molecular complexity index is 1130. The third-order valence-electron chi connectivity index (χ3n) is 5.30. The van der Waals surface area contributed by atoms with Gasteiger partial charge in [-0.1, -0.05) is 0 Å². The number of aromatic nitrogens is 3. The number of carbonyl (C=O) groups excluding carboxylic acids is 1. The molecule has 2 aromatic rings. The van der Waals surface area contributed by atoms with Crippen LogP contribution in [-0.4, -0.2) is 78.1 Å². The first-order valence-electron chi connectivity index (χ1n) is 9.18. The van der Waals surface area contributed by atoms with Crippen LogP contribution in [0, 0.1) is 0 Å². The van der Waals surface area contributed by atoms with E-state index >= 15 is 0 Å². The standard InChI is InChI=1S/C17H21N5O5S2/c1-20-12-18-19-17(20)28(24,25)15-10-21(11-15)16(23)13-4-6-14(7-5-13)29(26,27)22-8-2-3-9-22/h4-7,12,15H,2-3,8-11H2,1H3. The summed E-state index contributed by atoms with van der Waals surface area (Å²) >= 11 is 0. The molecule has 29 heavy (non-hydrogen) atoms. The van der Waals surface area contributed by atoms with Crippen LogP contribution in [0.25, 0.3) is 0 Å². The highest BCUT2D eigenvalue weighted by atomic mass is 32.2. The molecule has 0 radical (unpaired) electrons. The molecule has 156 valence electrons. The lowest BCUT2D eigenvalue weighted by Crippen LogP contribution is -2.57. The third kappa shape index (κ3) is 3.45. The van der Waals surface area contributed by atoms with Crippen molar-refractivity contribution >= 4 is 25.8 Å². The van der Waals surface area contributed by atoms with Crippen LogP contribution in [0.5, 0.6) is 0 Å². The van der Waals surface area contributed by atoms with Gasteiger partial charge in [0, 0.05) is 38.8 Å². The minimum atomic E-state index is -3.66. The van der Waals surface area contributed by atoms with Crippen molar-refractivity contribution < 1.29 is 21.6 Å². The highest BCUT2D eigenvalue weighted by Gasteiger charge is 2.42. The van der Waals surface area contributed by atoms with Crippen LogP contribution in [0.15, 0.2) is 40.6 Å². The fourth-order valence-corrected chi connectivity index (χ4v) is 6.69. The van der Waals surface area contributed by atoms with E-state index in [1.54, 1.807) is 7.05 Å². The molecule has 1 aromatic heterocycles. The van der Waals surface area contributed by atoms with Gasteiger partial charge in [-0.15, -0.1) is 10.2 Å². The fourth-order valence-electron chi connectivity index (χ4n) is 3.51. The van der Waals surface area contributed by atoms with Crippen molar-refractivity contribution in [3.05, 3.63) is 36.2 Å². The SMILES string of the molecule is Cn1cnnc1S(=O)(=O)C1CN(C(=O)c2ccc(S(=O)(=O)N3CCCC3)cc2)C1. The lowest BCUT2D eigenvalue weighted by Gasteiger charge is -2.38. The average Bonchev–Trinajstić information content (AvgIpc) is 3.32. The lowest BCUT2D eigenvalue weighted by molar-refractivity contribution is 0.0658. The lowest BCUT2D eigenvalue weighted by atomic mass is 10.1. The molecule has 2 saturated heterocycles. The van der Waals surface area contributed by atoms with Crippen LogP contribution in [0.1, 0.15) is 23.2 Å². The number of sulfone groups is 1. The van der Waals surface area contributed by atoms with E-state index < -0.39 is 25.1 Å². The summed E-state index contributed by atoms with van der Waals surface area (Å²) in [6, 6.07) is 5.79. The van der Waals surface area contributed by atoms with Crippen molar-refractivity contribution in [2.24, 2.45) is 7.05 Å². The number of likely N-dealkylation sites (tertiary alicyclic amines) is 1. The van der Waals surface area contributed by atoms with Gasteiger partial charge in [0.1, 0.15) is 11.6 Å². The van der Waals surface area contributed by atoms with E-state index in [0.717, 1.165) is 12.8 Å². The van der Waals surface area contributed by atoms with Gasteiger partial charge in [0.25, 0.3) is 5.91 Å². The summed E-state index contributed by atoms with van der Waals surface area (Å²) in [5, 5.41) is 6.38. The van der Waals surface area contributed by atoms with Crippen molar-refractivity contribution in [2.75, 3.05) is 26.2 Å². The summed E-state index contributed by atoms with van der Waals surface area (Å²) in [7, 11) is -5.65. The number of hydrogen-bond donors (Lipinski definition) is 0. The summed E-state index contributed by atoms with van der Waals surface area (Å²) in [4.78, 5) is 14.2. The van der Waals surface area contributed by atoms with Crippen LogP contribution < -0.4 is 0 Å². The smallest absolute Gasteiger partial charge is 0.253 e. The second-order valence-electron chi connectivity index (χ2n) is 7.24. The summed E-state index contributed by atoms with van der Waals surface area (Å²) in [6.07, 6.45) is 3.01. The Balaban J connectivity index is 1.43. The Morgan fingerprint density at radius 1 is 1.03 bits per heavy atom. The van der Waals surface area contributed by atoms with Crippen LogP contribution >= 0.6 is 0 Å². The predicted octanol–water partition coefficient (Wildman–Crippen LogP) is -0.102. The summed E-state index contributed by atoms with van der Waals surface area (Å²) in [5.41, 5.74) is 0.319. The molecule has 2 aliphatic heterocycles. The molecule has 0 N–H and O–H groups in total. The number of benzene rings is 1. The first-order chi connectivity index (χ1) is 13.7. The number of rotatable bonds is 5. The number of sulfonamides is 1. The molecule has 0 aliphatic carbocycles. The summed E-state index contributed by atoms with van der Waals surface area (Å²) in [6.45, 7) is 1.14. The fraction of sp³-hybridized carbons (Fsp3) is 0.471. The van der Waals surface area contributed by atoms with Crippen LogP contribution in [0.2, 0.25) is 0 Å². The topological polar surface area (TPSA) is 123 Å². The van der Waals surface area contributed by atoms with E-state index in [0.29, 0.717) is 18.7 Å². The number of amides is 1. The predicted molar refractivity (Wildman–Crippen MR) is 102 cm³/mol. The zero-order valence-electron chi connectivity index (χ0n) is 15.8. The molecule has 4 rings (SSSR count). The van der Waals surface area contributed by atoms with Crippen LogP contribution in [0.4, 0.5) is 0 Å². The van der Waals surface area contributed by atoms with Crippen molar-refractivity contribution in [1.29, 1.82) is 0 Å². The molecule has 0 saturated carbocycles. The van der Waals surface area contributed by atoms with E-state index in [4.69, 9.17) is 0 Å². The van der Waals surface area contributed by atoms with E-state index in [9.17, 15) is 21.6 Å². The summed E-state index contributed by atoms with van der Waals surface area (Å²) < 4.78 is 53.0. The first kappa shape index (κ1) is 20.0. The molecule has 0 unspecified atom stereocenters. The van der Waals surface area contributed by atoms with Crippen LogP contribution in [-0.2, 0) is 26.9 Å². The highest BCUT2D eigenvalue weighted by Crippen LogP contribution is 2.25. The van der Waals surface area contributed by atoms with Gasteiger partial charge in [-0.2, -0.15) is 4.31 Å². The molecule has 10 nitrogen and oxygen atoms in total. The monoisotopic (exact) mass is 439 g/mol. The quantitative estimate of drug-likeness (QED) is 0.637. The minimum absolute atomic E-state index is 0.0574.